The van der Waals surface area contributed by atoms with Crippen LogP contribution in [0.5, 0.6) is 0 Å². The number of nitrogens with zero attached hydrogens (tertiary/aromatic N) is 4. The molecule has 0 bridgehead atoms. The van der Waals surface area contributed by atoms with Gasteiger partial charge in [-0.25, -0.2) is 17.2 Å². The van der Waals surface area contributed by atoms with Crippen LogP contribution in [0.3, 0.4) is 0 Å². The normalized spacial score (nSPS) is 12.4. The van der Waals surface area contributed by atoms with Crippen LogP contribution < -0.4 is 4.31 Å². The van der Waals surface area contributed by atoms with Crippen LogP contribution in [0.15, 0.2) is 47.0 Å². The molecule has 0 saturated heterocycles. The van der Waals surface area contributed by atoms with Gasteiger partial charge in [-0.3, -0.25) is 9.10 Å². The summed E-state index contributed by atoms with van der Waals surface area (Å²) in [5.41, 5.74) is 0.483. The van der Waals surface area contributed by atoms with Crippen LogP contribution >= 0.6 is 11.6 Å². The molecule has 3 rings (SSSR count). The van der Waals surface area contributed by atoms with E-state index >= 15 is 0 Å². The Kier molecular flexibility index (Phi) is 6.79. The van der Waals surface area contributed by atoms with E-state index in [1.165, 1.54) is 18.9 Å². The van der Waals surface area contributed by atoms with Crippen molar-refractivity contribution in [1.82, 2.24) is 15.0 Å². The molecule has 1 amide bonds. The molecule has 0 aliphatic rings. The first-order chi connectivity index (χ1) is 15.0. The van der Waals surface area contributed by atoms with Gasteiger partial charge >= 0.3 is 0 Å². The molecule has 12 heteroatoms. The fourth-order valence-corrected chi connectivity index (χ4v) is 4.35. The van der Waals surface area contributed by atoms with Crippen molar-refractivity contribution in [3.05, 3.63) is 65.0 Å². The topological polar surface area (TPSA) is 96.6 Å². The molecule has 3 aromatic rings. The second-order valence-corrected chi connectivity index (χ2v) is 9.34. The van der Waals surface area contributed by atoms with Gasteiger partial charge in [-0.15, -0.1) is 0 Å². The maximum Gasteiger partial charge on any atom is 0.246 e. The average Bonchev–Trinajstić information content (AvgIpc) is 3.18. The molecule has 32 heavy (non-hydrogen) atoms. The monoisotopic (exact) mass is 484 g/mol. The zero-order chi connectivity index (χ0) is 23.6. The van der Waals surface area contributed by atoms with Crippen LogP contribution in [0.25, 0.3) is 11.4 Å². The molecule has 0 unspecified atom stereocenters. The van der Waals surface area contributed by atoms with Gasteiger partial charge in [0.15, 0.2) is 11.6 Å². The Bertz CT molecular complexity index is 1230. The zero-order valence-corrected chi connectivity index (χ0v) is 18.9. The number of hydrogen-bond donors (Lipinski definition) is 0. The van der Waals surface area contributed by atoms with E-state index < -0.39 is 33.6 Å². The summed E-state index contributed by atoms with van der Waals surface area (Å²) in [6.45, 7) is 1.24. The molecule has 0 spiro atoms. The first-order valence-electron chi connectivity index (χ1n) is 9.25. The predicted molar refractivity (Wildman–Crippen MR) is 114 cm³/mol. The minimum absolute atomic E-state index is 0.0981. The van der Waals surface area contributed by atoms with Crippen LogP contribution in [0.2, 0.25) is 5.02 Å². The second kappa shape index (κ2) is 9.21. The summed E-state index contributed by atoms with van der Waals surface area (Å²) in [5, 5.41) is 4.41. The highest BCUT2D eigenvalue weighted by atomic mass is 35.5. The van der Waals surface area contributed by atoms with Gasteiger partial charge in [-0.05, 0) is 43.3 Å². The fourth-order valence-electron chi connectivity index (χ4n) is 3.06. The van der Waals surface area contributed by atoms with E-state index in [1.807, 2.05) is 0 Å². The lowest BCUT2D eigenvalue weighted by Crippen LogP contribution is -2.48. The minimum Gasteiger partial charge on any atom is -0.337 e. The van der Waals surface area contributed by atoms with Gasteiger partial charge in [0.2, 0.25) is 27.6 Å². The first-order valence-corrected chi connectivity index (χ1v) is 11.5. The Balaban J connectivity index is 1.79. The molecule has 0 saturated carbocycles. The molecule has 0 aliphatic carbocycles. The minimum atomic E-state index is -4.00. The predicted octanol–water partition coefficient (Wildman–Crippen LogP) is 3.48. The molecule has 170 valence electrons. The number of halogens is 3. The molecule has 0 aliphatic heterocycles. The molecule has 1 heterocycles. The summed E-state index contributed by atoms with van der Waals surface area (Å²) >= 11 is 5.86. The van der Waals surface area contributed by atoms with E-state index in [-0.39, 0.29) is 18.1 Å². The van der Waals surface area contributed by atoms with Crippen molar-refractivity contribution in [3.8, 4) is 11.4 Å². The third-order valence-corrected chi connectivity index (χ3v) is 6.04. The number of benzene rings is 2. The van der Waals surface area contributed by atoms with Crippen molar-refractivity contribution in [2.24, 2.45) is 0 Å². The fraction of sp³-hybridized carbons (Fsp3) is 0.250. The molecule has 0 radical (unpaired) electrons. The van der Waals surface area contributed by atoms with E-state index in [2.05, 4.69) is 10.1 Å². The van der Waals surface area contributed by atoms with Crippen molar-refractivity contribution in [2.75, 3.05) is 17.6 Å². The van der Waals surface area contributed by atoms with Gasteiger partial charge in [0.1, 0.15) is 6.04 Å². The maximum atomic E-state index is 13.7. The summed E-state index contributed by atoms with van der Waals surface area (Å²) in [4.78, 5) is 18.3. The number of likely N-dealkylation sites (N-methyl/N-ethyl adjacent to an activating group) is 1. The molecule has 1 aromatic heterocycles. The van der Waals surface area contributed by atoms with Gasteiger partial charge in [-0.2, -0.15) is 4.98 Å². The van der Waals surface area contributed by atoms with Gasteiger partial charge in [-0.1, -0.05) is 16.8 Å². The van der Waals surface area contributed by atoms with E-state index in [0.29, 0.717) is 16.4 Å². The van der Waals surface area contributed by atoms with Crippen LogP contribution in [0.4, 0.5) is 14.5 Å². The average molecular weight is 485 g/mol. The van der Waals surface area contributed by atoms with Crippen molar-refractivity contribution in [1.29, 1.82) is 0 Å². The summed E-state index contributed by atoms with van der Waals surface area (Å²) in [5.74, 6) is -2.57. The maximum absolute atomic E-state index is 13.7. The quantitative estimate of drug-likeness (QED) is 0.509. The number of aromatic nitrogens is 2. The number of rotatable bonds is 7. The Morgan fingerprint density at radius 1 is 1.16 bits per heavy atom. The van der Waals surface area contributed by atoms with Crippen LogP contribution in [-0.4, -0.2) is 48.7 Å². The molecule has 2 aromatic carbocycles. The van der Waals surface area contributed by atoms with E-state index in [1.54, 1.807) is 24.3 Å². The largest absolute Gasteiger partial charge is 0.337 e. The number of carbonyl (C=O) groups excluding carboxylic acids is 1. The summed E-state index contributed by atoms with van der Waals surface area (Å²) < 4.78 is 57.5. The third kappa shape index (κ3) is 5.22. The van der Waals surface area contributed by atoms with Gasteiger partial charge in [0.05, 0.1) is 18.5 Å². The van der Waals surface area contributed by atoms with E-state index in [9.17, 15) is 22.0 Å². The van der Waals surface area contributed by atoms with E-state index in [4.69, 9.17) is 16.1 Å². The highest BCUT2D eigenvalue weighted by Crippen LogP contribution is 2.24. The number of carbonyl (C=O) groups is 1. The highest BCUT2D eigenvalue weighted by molar-refractivity contribution is 7.92. The lowest BCUT2D eigenvalue weighted by Gasteiger charge is -2.30. The summed E-state index contributed by atoms with van der Waals surface area (Å²) in [6, 6.07) is 8.10. The second-order valence-electron chi connectivity index (χ2n) is 7.05. The summed E-state index contributed by atoms with van der Waals surface area (Å²) in [6.07, 6.45) is 0.869. The Morgan fingerprint density at radius 3 is 2.41 bits per heavy atom. The smallest absolute Gasteiger partial charge is 0.246 e. The standard InChI is InChI=1S/C20H19ClF2N4O4S/c1-12(27(32(3,29)30)15-8-9-16(22)17(23)10-15)20(28)26(2)11-18-24-19(25-31-18)13-4-6-14(21)7-5-13/h4-10,12H,11H2,1-3H3/t12-/m1/s1. The Hall–Kier alpha value is -3.05. The summed E-state index contributed by atoms with van der Waals surface area (Å²) in [7, 11) is -2.57. The zero-order valence-electron chi connectivity index (χ0n) is 17.3. The third-order valence-electron chi connectivity index (χ3n) is 4.54. The van der Waals surface area contributed by atoms with Gasteiger partial charge < -0.3 is 9.42 Å². The molecule has 1 atom stereocenters. The Morgan fingerprint density at radius 2 is 1.81 bits per heavy atom. The van der Waals surface area contributed by atoms with Crippen molar-refractivity contribution in [3.63, 3.8) is 0 Å². The van der Waals surface area contributed by atoms with Crippen molar-refractivity contribution in [2.45, 2.75) is 19.5 Å². The number of hydrogen-bond acceptors (Lipinski definition) is 6. The van der Waals surface area contributed by atoms with Gasteiger partial charge in [0, 0.05) is 23.7 Å². The van der Waals surface area contributed by atoms with Crippen molar-refractivity contribution < 1.29 is 26.5 Å². The number of sulfonamides is 1. The Labute approximate surface area is 188 Å². The number of anilines is 1. The molecule has 0 fully saturated rings. The van der Waals surface area contributed by atoms with Crippen LogP contribution in [0, 0.1) is 11.6 Å². The SMILES string of the molecule is C[C@H](C(=O)N(C)Cc1nc(-c2ccc(Cl)cc2)no1)N(c1ccc(F)c(F)c1)S(C)(=O)=O. The van der Waals surface area contributed by atoms with Crippen LogP contribution in [0.1, 0.15) is 12.8 Å². The molecular formula is C20H19ClF2N4O4S. The number of amides is 1. The van der Waals surface area contributed by atoms with Crippen LogP contribution in [-0.2, 0) is 21.4 Å². The molecule has 8 nitrogen and oxygen atoms in total. The first kappa shape index (κ1) is 23.6. The van der Waals surface area contributed by atoms with E-state index in [0.717, 1.165) is 28.8 Å². The highest BCUT2D eigenvalue weighted by Gasteiger charge is 2.32. The van der Waals surface area contributed by atoms with Gasteiger partial charge in [0.25, 0.3) is 0 Å². The lowest BCUT2D eigenvalue weighted by molar-refractivity contribution is -0.131. The molecular weight excluding hydrogens is 466 g/mol. The van der Waals surface area contributed by atoms with Crippen molar-refractivity contribution >= 4 is 33.2 Å². The lowest BCUT2D eigenvalue weighted by atomic mass is 10.2. The molecule has 0 N–H and O–H groups in total.